The van der Waals surface area contributed by atoms with Crippen LogP contribution in [-0.4, -0.2) is 77.6 Å². The van der Waals surface area contributed by atoms with Gasteiger partial charge >= 0.3 is 0 Å². The van der Waals surface area contributed by atoms with E-state index in [0.717, 1.165) is 4.31 Å². The highest BCUT2D eigenvalue weighted by Crippen LogP contribution is 2.21. The second-order valence-electron chi connectivity index (χ2n) is 6.53. The summed E-state index contributed by atoms with van der Waals surface area (Å²) in [6.07, 6.45) is -0.958. The minimum absolute atomic E-state index is 0.0109. The standard InChI is InChI=1S/C16H20N4O5S/c1-19(2)26(24,25)9-10-7-20(8-13(10)21)16(23)14-17-12-6-4-3-5-11(12)15(22)18-14/h3-6,10,13,21H,7-9H2,1-2H3,(H,17,18,22)/t10-,13+/m0/s1. The predicted molar refractivity (Wildman–Crippen MR) is 95.2 cm³/mol. The fourth-order valence-electron chi connectivity index (χ4n) is 2.94. The Bertz CT molecular complexity index is 1000. The lowest BCUT2D eigenvalue weighted by molar-refractivity contribution is 0.0753. The van der Waals surface area contributed by atoms with Gasteiger partial charge < -0.3 is 15.0 Å². The SMILES string of the molecule is CN(C)S(=O)(=O)C[C@@H]1CN(C(=O)c2nc3ccccc3c(=O)[nH]2)C[C@H]1O. The number of nitrogens with one attached hydrogen (secondary N) is 1. The van der Waals surface area contributed by atoms with Crippen molar-refractivity contribution < 1.29 is 18.3 Å². The Kier molecular flexibility index (Phi) is 4.82. The van der Waals surface area contributed by atoms with Crippen molar-refractivity contribution in [3.05, 3.63) is 40.4 Å². The topological polar surface area (TPSA) is 124 Å². The molecule has 10 heteroatoms. The van der Waals surface area contributed by atoms with Gasteiger partial charge in [0.1, 0.15) is 0 Å². The van der Waals surface area contributed by atoms with Gasteiger partial charge in [0.25, 0.3) is 11.5 Å². The maximum absolute atomic E-state index is 12.7. The lowest BCUT2D eigenvalue weighted by atomic mass is 10.1. The lowest BCUT2D eigenvalue weighted by Gasteiger charge is -2.17. The fourth-order valence-corrected chi connectivity index (χ4v) is 4.11. The van der Waals surface area contributed by atoms with Gasteiger partial charge in [-0.15, -0.1) is 0 Å². The number of β-amino-alcohol motifs (C(OH)–C–C–N with tert-alkyl or cyclic N) is 1. The number of benzene rings is 1. The van der Waals surface area contributed by atoms with E-state index in [1.54, 1.807) is 24.3 Å². The molecule has 2 heterocycles. The summed E-state index contributed by atoms with van der Waals surface area (Å²) in [6.45, 7) is 0.0621. The average Bonchev–Trinajstić information content (AvgIpc) is 2.94. The zero-order valence-electron chi connectivity index (χ0n) is 14.4. The number of aromatic amines is 1. The summed E-state index contributed by atoms with van der Waals surface area (Å²) in [5.41, 5.74) is -0.0310. The Morgan fingerprint density at radius 1 is 1.35 bits per heavy atom. The fraction of sp³-hybridized carbons (Fsp3) is 0.438. The number of rotatable bonds is 4. The van der Waals surface area contributed by atoms with Crippen LogP contribution in [0.1, 0.15) is 10.6 Å². The molecule has 1 amide bonds. The third-order valence-electron chi connectivity index (χ3n) is 4.49. The number of fused-ring (bicyclic) bond motifs is 1. The van der Waals surface area contributed by atoms with Crippen LogP contribution in [0, 0.1) is 5.92 Å². The minimum atomic E-state index is -3.50. The van der Waals surface area contributed by atoms with E-state index >= 15 is 0 Å². The van der Waals surface area contributed by atoms with Gasteiger partial charge in [0.05, 0.1) is 22.8 Å². The molecule has 26 heavy (non-hydrogen) atoms. The van der Waals surface area contributed by atoms with Gasteiger partial charge in [-0.1, -0.05) is 12.1 Å². The second kappa shape index (κ2) is 6.78. The molecule has 1 aliphatic heterocycles. The van der Waals surface area contributed by atoms with Gasteiger partial charge in [-0.2, -0.15) is 0 Å². The first kappa shape index (κ1) is 18.5. The summed E-state index contributed by atoms with van der Waals surface area (Å²) in [7, 11) is -0.662. The molecule has 140 valence electrons. The van der Waals surface area contributed by atoms with Crippen LogP contribution in [0.2, 0.25) is 0 Å². The van der Waals surface area contributed by atoms with E-state index in [0.29, 0.717) is 10.9 Å². The molecule has 1 fully saturated rings. The summed E-state index contributed by atoms with van der Waals surface area (Å²) < 4.78 is 25.1. The van der Waals surface area contributed by atoms with Crippen molar-refractivity contribution in [3.63, 3.8) is 0 Å². The molecule has 0 spiro atoms. The Morgan fingerprint density at radius 3 is 2.73 bits per heavy atom. The number of hydrogen-bond acceptors (Lipinski definition) is 6. The largest absolute Gasteiger partial charge is 0.391 e. The molecule has 1 aromatic carbocycles. The molecule has 0 saturated carbocycles. The number of carbonyl (C=O) groups is 1. The number of hydrogen-bond donors (Lipinski definition) is 2. The van der Waals surface area contributed by atoms with Gasteiger partial charge in [0.2, 0.25) is 10.0 Å². The molecule has 3 rings (SSSR count). The van der Waals surface area contributed by atoms with Gasteiger partial charge in [0, 0.05) is 33.1 Å². The number of aromatic nitrogens is 2. The van der Waals surface area contributed by atoms with E-state index < -0.39 is 33.5 Å². The summed E-state index contributed by atoms with van der Waals surface area (Å²) in [6, 6.07) is 6.65. The molecular weight excluding hydrogens is 360 g/mol. The highest BCUT2D eigenvalue weighted by molar-refractivity contribution is 7.89. The third kappa shape index (κ3) is 3.48. The van der Waals surface area contributed by atoms with Crippen molar-refractivity contribution in [2.45, 2.75) is 6.10 Å². The number of carbonyl (C=O) groups excluding carboxylic acids is 1. The number of aliphatic hydroxyl groups excluding tert-OH is 1. The van der Waals surface area contributed by atoms with Crippen LogP contribution in [0.5, 0.6) is 0 Å². The maximum Gasteiger partial charge on any atom is 0.289 e. The summed E-state index contributed by atoms with van der Waals surface area (Å²) in [4.78, 5) is 32.7. The molecular formula is C16H20N4O5S. The van der Waals surface area contributed by atoms with Gasteiger partial charge in [-0.3, -0.25) is 9.59 Å². The van der Waals surface area contributed by atoms with E-state index in [4.69, 9.17) is 0 Å². The van der Waals surface area contributed by atoms with E-state index in [2.05, 4.69) is 9.97 Å². The Hall–Kier alpha value is -2.30. The maximum atomic E-state index is 12.7. The molecule has 9 nitrogen and oxygen atoms in total. The van der Waals surface area contributed by atoms with Crippen LogP contribution < -0.4 is 5.56 Å². The number of sulfonamides is 1. The molecule has 0 bridgehead atoms. The molecule has 2 atom stereocenters. The number of aliphatic hydroxyl groups is 1. The van der Waals surface area contributed by atoms with Gasteiger partial charge in [-0.25, -0.2) is 17.7 Å². The number of H-pyrrole nitrogens is 1. The first-order valence-corrected chi connectivity index (χ1v) is 9.66. The zero-order valence-corrected chi connectivity index (χ0v) is 15.2. The third-order valence-corrected chi connectivity index (χ3v) is 6.45. The molecule has 0 aliphatic carbocycles. The van der Waals surface area contributed by atoms with E-state index in [-0.39, 0.29) is 24.7 Å². The number of para-hydroxylation sites is 1. The number of likely N-dealkylation sites (tertiary alicyclic amines) is 1. The average molecular weight is 380 g/mol. The predicted octanol–water partition coefficient (Wildman–Crippen LogP) is -0.753. The van der Waals surface area contributed by atoms with Crippen LogP contribution in [0.4, 0.5) is 0 Å². The molecule has 1 aromatic heterocycles. The molecule has 0 unspecified atom stereocenters. The Balaban J connectivity index is 1.82. The van der Waals surface area contributed by atoms with Crippen molar-refractivity contribution in [2.24, 2.45) is 5.92 Å². The van der Waals surface area contributed by atoms with E-state index in [1.165, 1.54) is 19.0 Å². The van der Waals surface area contributed by atoms with Crippen LogP contribution >= 0.6 is 0 Å². The van der Waals surface area contributed by atoms with Crippen molar-refractivity contribution in [3.8, 4) is 0 Å². The highest BCUT2D eigenvalue weighted by atomic mass is 32.2. The number of amides is 1. The van der Waals surface area contributed by atoms with Crippen LogP contribution in [0.3, 0.4) is 0 Å². The van der Waals surface area contributed by atoms with Crippen LogP contribution in [0.15, 0.2) is 29.1 Å². The zero-order chi connectivity index (χ0) is 19.1. The summed E-state index contributed by atoms with van der Waals surface area (Å²) >= 11 is 0. The lowest BCUT2D eigenvalue weighted by Crippen LogP contribution is -2.34. The Labute approximate surface area is 150 Å². The van der Waals surface area contributed by atoms with Crippen molar-refractivity contribution in [1.29, 1.82) is 0 Å². The smallest absolute Gasteiger partial charge is 0.289 e. The summed E-state index contributed by atoms with van der Waals surface area (Å²) in [5.74, 6) is -1.53. The van der Waals surface area contributed by atoms with Crippen LogP contribution in [0.25, 0.3) is 10.9 Å². The normalized spacial score (nSPS) is 20.8. The second-order valence-corrected chi connectivity index (χ2v) is 8.76. The van der Waals surface area contributed by atoms with E-state index in [9.17, 15) is 23.1 Å². The van der Waals surface area contributed by atoms with Crippen molar-refractivity contribution in [2.75, 3.05) is 32.9 Å². The first-order chi connectivity index (χ1) is 12.2. The molecule has 1 saturated heterocycles. The van der Waals surface area contributed by atoms with Crippen LogP contribution in [-0.2, 0) is 10.0 Å². The first-order valence-electron chi connectivity index (χ1n) is 8.05. The molecule has 2 N–H and O–H groups in total. The Morgan fingerprint density at radius 2 is 2.04 bits per heavy atom. The van der Waals surface area contributed by atoms with Crippen molar-refractivity contribution >= 4 is 26.8 Å². The monoisotopic (exact) mass is 380 g/mol. The summed E-state index contributed by atoms with van der Waals surface area (Å²) in [5, 5.41) is 10.5. The van der Waals surface area contributed by atoms with Crippen molar-refractivity contribution in [1.82, 2.24) is 19.2 Å². The van der Waals surface area contributed by atoms with Gasteiger partial charge in [-0.05, 0) is 12.1 Å². The van der Waals surface area contributed by atoms with Gasteiger partial charge in [0.15, 0.2) is 5.82 Å². The quantitative estimate of drug-likeness (QED) is 0.719. The molecule has 0 radical (unpaired) electrons. The molecule has 2 aromatic rings. The highest BCUT2D eigenvalue weighted by Gasteiger charge is 2.38. The van der Waals surface area contributed by atoms with E-state index in [1.807, 2.05) is 0 Å². The number of nitrogens with zero attached hydrogens (tertiary/aromatic N) is 3. The minimum Gasteiger partial charge on any atom is -0.391 e. The molecule has 1 aliphatic rings.